The number of pyridine rings is 1. The molecule has 0 atom stereocenters. The fourth-order valence-corrected chi connectivity index (χ4v) is 1.45. The summed E-state index contributed by atoms with van der Waals surface area (Å²) in [5, 5.41) is 0. The highest BCUT2D eigenvalue weighted by molar-refractivity contribution is 5.74. The minimum absolute atomic E-state index is 1.03. The Morgan fingerprint density at radius 3 is 3.25 bits per heavy atom. The second kappa shape index (κ2) is 2.94. The first kappa shape index (κ1) is 7.29. The third-order valence-electron chi connectivity index (χ3n) is 2.13. The Bertz CT molecular complexity index is 348. The zero-order chi connectivity index (χ0) is 8.39. The third-order valence-corrected chi connectivity index (χ3v) is 2.13. The lowest BCUT2D eigenvalue weighted by molar-refractivity contribution is 1.30. The molecule has 1 heterocycles. The highest BCUT2D eigenvalue weighted by Crippen LogP contribution is 2.22. The van der Waals surface area contributed by atoms with Crippen LogP contribution in [-0.4, -0.2) is 4.98 Å². The first-order valence-corrected chi connectivity index (χ1v) is 4.15. The summed E-state index contributed by atoms with van der Waals surface area (Å²) in [6.45, 7) is 2.14. The lowest BCUT2D eigenvalue weighted by atomic mass is 10.0. The van der Waals surface area contributed by atoms with Gasteiger partial charge < -0.3 is 0 Å². The van der Waals surface area contributed by atoms with Gasteiger partial charge in [0.15, 0.2) is 0 Å². The molecule has 0 bridgehead atoms. The van der Waals surface area contributed by atoms with E-state index in [0.717, 1.165) is 6.42 Å². The second-order valence-corrected chi connectivity index (χ2v) is 2.99. The topological polar surface area (TPSA) is 12.9 Å². The number of hydrogen-bond acceptors (Lipinski definition) is 1. The monoisotopic (exact) mass is 157 g/mol. The lowest BCUT2D eigenvalue weighted by Gasteiger charge is -2.02. The highest BCUT2D eigenvalue weighted by atomic mass is 14.6. The van der Waals surface area contributed by atoms with Crippen molar-refractivity contribution >= 4 is 11.6 Å². The third kappa shape index (κ3) is 1.18. The Morgan fingerprint density at radius 1 is 1.42 bits per heavy atom. The molecule has 0 saturated heterocycles. The maximum Gasteiger partial charge on any atom is 0.0346 e. The Hall–Kier alpha value is -1.37. The summed E-state index contributed by atoms with van der Waals surface area (Å²) in [6, 6.07) is 2.07. The number of aromatic nitrogens is 1. The van der Waals surface area contributed by atoms with E-state index in [0.29, 0.717) is 0 Å². The molecule has 0 spiro atoms. The van der Waals surface area contributed by atoms with Gasteiger partial charge in [0, 0.05) is 12.4 Å². The average molecular weight is 157 g/mol. The molecule has 1 aromatic heterocycles. The smallest absolute Gasteiger partial charge is 0.0346 e. The van der Waals surface area contributed by atoms with Crippen molar-refractivity contribution in [3.8, 4) is 0 Å². The van der Waals surface area contributed by atoms with E-state index < -0.39 is 0 Å². The van der Waals surface area contributed by atoms with E-state index >= 15 is 0 Å². The van der Waals surface area contributed by atoms with Gasteiger partial charge in [0.25, 0.3) is 0 Å². The predicted octanol–water partition coefficient (Wildman–Crippen LogP) is 2.90. The van der Waals surface area contributed by atoms with Crippen LogP contribution in [0.3, 0.4) is 0 Å². The van der Waals surface area contributed by atoms with E-state index in [-0.39, 0.29) is 0 Å². The van der Waals surface area contributed by atoms with Crippen LogP contribution in [0.5, 0.6) is 0 Å². The van der Waals surface area contributed by atoms with Crippen LogP contribution in [0.2, 0.25) is 0 Å². The molecule has 0 unspecified atom stereocenters. The molecule has 0 aliphatic heterocycles. The van der Waals surface area contributed by atoms with Crippen LogP contribution in [0, 0.1) is 0 Å². The Labute approximate surface area is 72.5 Å². The molecule has 1 heteroatoms. The molecule has 1 aliphatic rings. The molecule has 0 saturated carbocycles. The summed E-state index contributed by atoms with van der Waals surface area (Å²) >= 11 is 0. The molecule has 1 nitrogen and oxygen atoms in total. The average Bonchev–Trinajstić information content (AvgIpc) is 2.29. The van der Waals surface area contributed by atoms with Gasteiger partial charge in [0.2, 0.25) is 0 Å². The summed E-state index contributed by atoms with van der Waals surface area (Å²) < 4.78 is 0. The molecule has 0 aromatic carbocycles. The molecular formula is C11H11N. The highest BCUT2D eigenvalue weighted by Gasteiger charge is 2.02. The van der Waals surface area contributed by atoms with Crippen LogP contribution in [0.15, 0.2) is 30.6 Å². The van der Waals surface area contributed by atoms with Crippen molar-refractivity contribution in [2.75, 3.05) is 0 Å². The molecule has 2 rings (SSSR count). The zero-order valence-electron chi connectivity index (χ0n) is 7.12. The molecule has 0 radical (unpaired) electrons. The molecule has 12 heavy (non-hydrogen) atoms. The SMILES string of the molecule is CC1=CCC=Cc2cnccc21. The number of nitrogens with zero attached hydrogens (tertiary/aromatic N) is 1. The molecule has 60 valence electrons. The Morgan fingerprint density at radius 2 is 2.33 bits per heavy atom. The van der Waals surface area contributed by atoms with Crippen molar-refractivity contribution in [1.29, 1.82) is 0 Å². The minimum atomic E-state index is 1.03. The van der Waals surface area contributed by atoms with Crippen molar-refractivity contribution in [3.63, 3.8) is 0 Å². The van der Waals surface area contributed by atoms with Crippen LogP contribution in [-0.2, 0) is 0 Å². The van der Waals surface area contributed by atoms with Gasteiger partial charge in [-0.25, -0.2) is 0 Å². The lowest BCUT2D eigenvalue weighted by Crippen LogP contribution is -1.85. The molecule has 0 amide bonds. The van der Waals surface area contributed by atoms with E-state index in [1.165, 1.54) is 16.7 Å². The molecule has 0 N–H and O–H groups in total. The van der Waals surface area contributed by atoms with Gasteiger partial charge in [0.05, 0.1) is 0 Å². The van der Waals surface area contributed by atoms with Gasteiger partial charge in [-0.1, -0.05) is 18.2 Å². The fraction of sp³-hybridized carbons (Fsp3) is 0.182. The van der Waals surface area contributed by atoms with Gasteiger partial charge in [-0.15, -0.1) is 0 Å². The molecular weight excluding hydrogens is 146 g/mol. The van der Waals surface area contributed by atoms with Crippen LogP contribution < -0.4 is 0 Å². The number of fused-ring (bicyclic) bond motifs is 1. The Balaban J connectivity index is 2.62. The number of rotatable bonds is 0. The quantitative estimate of drug-likeness (QED) is 0.564. The summed E-state index contributed by atoms with van der Waals surface area (Å²) in [5.41, 5.74) is 3.87. The first-order chi connectivity index (χ1) is 5.88. The van der Waals surface area contributed by atoms with Crippen LogP contribution in [0.1, 0.15) is 24.5 Å². The number of hydrogen-bond donors (Lipinski definition) is 0. The van der Waals surface area contributed by atoms with Gasteiger partial charge in [-0.3, -0.25) is 4.98 Å². The van der Waals surface area contributed by atoms with E-state index in [9.17, 15) is 0 Å². The molecule has 1 aromatic rings. The van der Waals surface area contributed by atoms with Gasteiger partial charge >= 0.3 is 0 Å². The Kier molecular flexibility index (Phi) is 1.78. The molecule has 1 aliphatic carbocycles. The minimum Gasteiger partial charge on any atom is -0.264 e. The zero-order valence-corrected chi connectivity index (χ0v) is 7.12. The van der Waals surface area contributed by atoms with Crippen molar-refractivity contribution in [2.45, 2.75) is 13.3 Å². The van der Waals surface area contributed by atoms with Crippen molar-refractivity contribution in [2.24, 2.45) is 0 Å². The maximum absolute atomic E-state index is 4.10. The second-order valence-electron chi connectivity index (χ2n) is 2.99. The fourth-order valence-electron chi connectivity index (χ4n) is 1.45. The van der Waals surface area contributed by atoms with E-state index in [1.807, 2.05) is 12.4 Å². The normalized spacial score (nSPS) is 14.9. The van der Waals surface area contributed by atoms with E-state index in [4.69, 9.17) is 0 Å². The maximum atomic E-state index is 4.10. The van der Waals surface area contributed by atoms with Gasteiger partial charge in [-0.05, 0) is 36.1 Å². The summed E-state index contributed by atoms with van der Waals surface area (Å²) in [7, 11) is 0. The van der Waals surface area contributed by atoms with E-state index in [2.05, 4.69) is 36.2 Å². The predicted molar refractivity (Wildman–Crippen MR) is 51.5 cm³/mol. The largest absolute Gasteiger partial charge is 0.264 e. The standard InChI is InChI=1S/C11H11N/c1-9-4-2-3-5-10-8-12-7-6-11(9)10/h3-8H,2H2,1H3. The molecule has 0 fully saturated rings. The van der Waals surface area contributed by atoms with Crippen molar-refractivity contribution in [3.05, 3.63) is 41.7 Å². The summed E-state index contributed by atoms with van der Waals surface area (Å²) in [5.74, 6) is 0. The first-order valence-electron chi connectivity index (χ1n) is 4.15. The van der Waals surface area contributed by atoms with Crippen LogP contribution >= 0.6 is 0 Å². The number of allylic oxidation sites excluding steroid dienone is 3. The van der Waals surface area contributed by atoms with Crippen LogP contribution in [0.4, 0.5) is 0 Å². The summed E-state index contributed by atoms with van der Waals surface area (Å²) in [4.78, 5) is 4.10. The van der Waals surface area contributed by atoms with Crippen molar-refractivity contribution < 1.29 is 0 Å². The van der Waals surface area contributed by atoms with Gasteiger partial charge in [-0.2, -0.15) is 0 Å². The van der Waals surface area contributed by atoms with Crippen molar-refractivity contribution in [1.82, 2.24) is 4.98 Å². The van der Waals surface area contributed by atoms with E-state index in [1.54, 1.807) is 0 Å². The van der Waals surface area contributed by atoms with Crippen LogP contribution in [0.25, 0.3) is 11.6 Å². The summed E-state index contributed by atoms with van der Waals surface area (Å²) in [6.07, 6.45) is 11.3. The van der Waals surface area contributed by atoms with Gasteiger partial charge in [0.1, 0.15) is 0 Å².